The molecule has 0 bridgehead atoms. The van der Waals surface area contributed by atoms with Crippen molar-refractivity contribution in [2.45, 2.75) is 19.4 Å². The lowest BCUT2D eigenvalue weighted by atomic mass is 9.81. The van der Waals surface area contributed by atoms with Gasteiger partial charge >= 0.3 is 6.03 Å². The Hall–Kier alpha value is -3.59. The minimum Gasteiger partial charge on any atom is -0.344 e. The van der Waals surface area contributed by atoms with Gasteiger partial charge in [-0.1, -0.05) is 54.5 Å². The van der Waals surface area contributed by atoms with Gasteiger partial charge in [0.25, 0.3) is 5.91 Å². The summed E-state index contributed by atoms with van der Waals surface area (Å²) >= 11 is 0. The summed E-state index contributed by atoms with van der Waals surface area (Å²) in [5.41, 5.74) is 1.97. The van der Waals surface area contributed by atoms with E-state index in [9.17, 15) is 14.4 Å². The Morgan fingerprint density at radius 1 is 1.11 bits per heavy atom. The molecule has 3 rings (SSSR count). The average Bonchev–Trinajstić information content (AvgIpc) is 2.94. The molecule has 0 unspecified atom stereocenters. The molecule has 1 aliphatic rings. The fourth-order valence-corrected chi connectivity index (χ4v) is 3.29. The molecule has 0 radical (unpaired) electrons. The van der Waals surface area contributed by atoms with Crippen molar-refractivity contribution in [3.05, 3.63) is 70.8 Å². The van der Waals surface area contributed by atoms with E-state index in [0.717, 1.165) is 16.0 Å². The van der Waals surface area contributed by atoms with Gasteiger partial charge in [-0.15, -0.1) is 6.42 Å². The van der Waals surface area contributed by atoms with E-state index < -0.39 is 29.9 Å². The smallest absolute Gasteiger partial charge is 0.326 e. The molecule has 1 fully saturated rings. The largest absolute Gasteiger partial charge is 0.344 e. The molecule has 4 amide bonds. The lowest BCUT2D eigenvalue weighted by molar-refractivity contribution is -0.134. The highest BCUT2D eigenvalue weighted by Gasteiger charge is 2.54. The molecule has 1 saturated heterocycles. The van der Waals surface area contributed by atoms with Gasteiger partial charge in [0.05, 0.1) is 6.54 Å². The monoisotopic (exact) mass is 375 g/mol. The molecule has 0 aromatic heterocycles. The number of amides is 4. The Balaban J connectivity index is 2.07. The predicted octanol–water partition coefficient (Wildman–Crippen LogP) is 1.85. The third-order valence-electron chi connectivity index (χ3n) is 4.94. The summed E-state index contributed by atoms with van der Waals surface area (Å²) in [6.45, 7) is 3.56. The number of hydrogen-bond acceptors (Lipinski definition) is 3. The number of carbonyl (C=O) groups excluding carboxylic acids is 3. The summed E-state index contributed by atoms with van der Waals surface area (Å²) in [7, 11) is 0. The Kier molecular flexibility index (Phi) is 5.18. The Morgan fingerprint density at radius 2 is 1.82 bits per heavy atom. The topological polar surface area (TPSA) is 78.5 Å². The first kappa shape index (κ1) is 19.2. The average molecular weight is 375 g/mol. The molecule has 2 aromatic rings. The van der Waals surface area contributed by atoms with Crippen molar-refractivity contribution in [2.75, 3.05) is 13.1 Å². The van der Waals surface area contributed by atoms with Crippen molar-refractivity contribution in [3.63, 3.8) is 0 Å². The second-order valence-electron chi connectivity index (χ2n) is 6.72. The van der Waals surface area contributed by atoms with Crippen LogP contribution in [0.1, 0.15) is 22.3 Å². The van der Waals surface area contributed by atoms with Crippen molar-refractivity contribution in [2.24, 2.45) is 0 Å². The number of aryl methyl sites for hydroxylation is 2. The second-order valence-corrected chi connectivity index (χ2v) is 6.72. The van der Waals surface area contributed by atoms with Crippen molar-refractivity contribution in [1.29, 1.82) is 0 Å². The van der Waals surface area contributed by atoms with E-state index in [1.54, 1.807) is 24.3 Å². The van der Waals surface area contributed by atoms with E-state index >= 15 is 0 Å². The molecule has 2 aromatic carbocycles. The lowest BCUT2D eigenvalue weighted by Crippen LogP contribution is -2.46. The van der Waals surface area contributed by atoms with E-state index in [4.69, 9.17) is 6.42 Å². The van der Waals surface area contributed by atoms with Crippen LogP contribution in [0.2, 0.25) is 0 Å². The molecule has 1 heterocycles. The van der Waals surface area contributed by atoms with Crippen LogP contribution in [0.15, 0.2) is 48.5 Å². The van der Waals surface area contributed by atoms with E-state index in [0.29, 0.717) is 11.1 Å². The van der Waals surface area contributed by atoms with Crippen LogP contribution in [-0.4, -0.2) is 35.8 Å². The molecule has 6 nitrogen and oxygen atoms in total. The van der Waals surface area contributed by atoms with E-state index in [1.807, 2.05) is 38.1 Å². The highest BCUT2D eigenvalue weighted by atomic mass is 16.2. The van der Waals surface area contributed by atoms with Crippen LogP contribution in [0.3, 0.4) is 0 Å². The van der Waals surface area contributed by atoms with Crippen molar-refractivity contribution >= 4 is 17.8 Å². The minimum atomic E-state index is -1.39. The quantitative estimate of drug-likeness (QED) is 0.618. The van der Waals surface area contributed by atoms with Crippen LogP contribution in [0.5, 0.6) is 0 Å². The standard InChI is InChI=1S/C22H21N3O3/c1-4-12-23-19(26)14-25-20(27)22(24-21(25)28,17-8-6-5-7-9-17)18-11-10-15(2)16(3)13-18/h1,5-11,13H,12,14H2,2-3H3,(H,23,26)(H,24,28)/t22-/m0/s1. The number of urea groups is 1. The molecule has 6 heteroatoms. The van der Waals surface area contributed by atoms with Gasteiger partial charge in [0.1, 0.15) is 6.54 Å². The first-order valence-electron chi connectivity index (χ1n) is 8.87. The number of rotatable bonds is 5. The summed E-state index contributed by atoms with van der Waals surface area (Å²) < 4.78 is 0. The van der Waals surface area contributed by atoms with Crippen molar-refractivity contribution in [3.8, 4) is 12.3 Å². The van der Waals surface area contributed by atoms with Crippen LogP contribution < -0.4 is 10.6 Å². The van der Waals surface area contributed by atoms with Gasteiger partial charge in [0, 0.05) is 0 Å². The Bertz CT molecular complexity index is 978. The minimum absolute atomic E-state index is 0.0312. The lowest BCUT2D eigenvalue weighted by Gasteiger charge is -2.28. The molecule has 0 aliphatic carbocycles. The van der Waals surface area contributed by atoms with Gasteiger partial charge in [0.2, 0.25) is 5.91 Å². The molecule has 28 heavy (non-hydrogen) atoms. The maximum absolute atomic E-state index is 13.5. The molecule has 1 aliphatic heterocycles. The number of terminal acetylenes is 1. The summed E-state index contributed by atoms with van der Waals surface area (Å²) in [6, 6.07) is 14.0. The van der Waals surface area contributed by atoms with Gasteiger partial charge in [-0.2, -0.15) is 0 Å². The van der Waals surface area contributed by atoms with E-state index in [-0.39, 0.29) is 6.54 Å². The summed E-state index contributed by atoms with van der Waals surface area (Å²) in [5.74, 6) is 1.30. The van der Waals surface area contributed by atoms with Gasteiger partial charge in [-0.05, 0) is 36.1 Å². The molecule has 2 N–H and O–H groups in total. The third-order valence-corrected chi connectivity index (χ3v) is 4.94. The number of nitrogens with zero attached hydrogens (tertiary/aromatic N) is 1. The highest BCUT2D eigenvalue weighted by molar-refractivity contribution is 6.11. The van der Waals surface area contributed by atoms with Gasteiger partial charge in [-0.25, -0.2) is 4.79 Å². The van der Waals surface area contributed by atoms with E-state index in [2.05, 4.69) is 16.6 Å². The number of hydrogen-bond donors (Lipinski definition) is 2. The normalized spacial score (nSPS) is 18.5. The zero-order valence-electron chi connectivity index (χ0n) is 15.8. The second kappa shape index (κ2) is 7.57. The molecular weight excluding hydrogens is 354 g/mol. The summed E-state index contributed by atoms with van der Waals surface area (Å²) in [4.78, 5) is 39.1. The van der Waals surface area contributed by atoms with Gasteiger partial charge < -0.3 is 10.6 Å². The predicted molar refractivity (Wildman–Crippen MR) is 105 cm³/mol. The van der Waals surface area contributed by atoms with Crippen LogP contribution in [0.25, 0.3) is 0 Å². The maximum Gasteiger partial charge on any atom is 0.326 e. The van der Waals surface area contributed by atoms with Crippen LogP contribution >= 0.6 is 0 Å². The molecule has 0 spiro atoms. The van der Waals surface area contributed by atoms with E-state index in [1.165, 1.54) is 0 Å². The van der Waals surface area contributed by atoms with Crippen LogP contribution in [0, 0.1) is 26.2 Å². The number of benzene rings is 2. The van der Waals surface area contributed by atoms with Crippen LogP contribution in [0.4, 0.5) is 4.79 Å². The molecule has 0 saturated carbocycles. The number of carbonyl (C=O) groups is 3. The van der Waals surface area contributed by atoms with Crippen molar-refractivity contribution in [1.82, 2.24) is 15.5 Å². The number of nitrogens with one attached hydrogen (secondary N) is 2. The highest BCUT2D eigenvalue weighted by Crippen LogP contribution is 2.36. The molecule has 142 valence electrons. The van der Waals surface area contributed by atoms with Gasteiger partial charge in [0.15, 0.2) is 5.54 Å². The first-order chi connectivity index (χ1) is 13.4. The summed E-state index contributed by atoms with van der Waals surface area (Å²) in [5, 5.41) is 5.30. The molecular formula is C22H21N3O3. The zero-order chi connectivity index (χ0) is 20.3. The SMILES string of the molecule is C#CCNC(=O)CN1C(=O)N[C@@](c2ccccc2)(c2ccc(C)c(C)c2)C1=O. The fourth-order valence-electron chi connectivity index (χ4n) is 3.29. The molecule has 1 atom stereocenters. The Labute approximate surface area is 163 Å². The first-order valence-corrected chi connectivity index (χ1v) is 8.87. The third kappa shape index (κ3) is 3.23. The van der Waals surface area contributed by atoms with Gasteiger partial charge in [-0.3, -0.25) is 14.5 Å². The number of imide groups is 1. The fraction of sp³-hybridized carbons (Fsp3) is 0.227. The zero-order valence-corrected chi connectivity index (χ0v) is 15.8. The van der Waals surface area contributed by atoms with Crippen LogP contribution in [-0.2, 0) is 15.1 Å². The Morgan fingerprint density at radius 3 is 2.46 bits per heavy atom. The maximum atomic E-state index is 13.5. The van der Waals surface area contributed by atoms with Crippen molar-refractivity contribution < 1.29 is 14.4 Å². The summed E-state index contributed by atoms with van der Waals surface area (Å²) in [6.07, 6.45) is 5.14.